The fourth-order valence-electron chi connectivity index (χ4n) is 3.44. The van der Waals surface area contributed by atoms with E-state index in [-0.39, 0.29) is 5.56 Å². The Balaban J connectivity index is 1.35. The number of H-pyrrole nitrogens is 1. The van der Waals surface area contributed by atoms with E-state index in [1.807, 2.05) is 30.3 Å². The number of rotatable bonds is 5. The number of benzene rings is 2. The SMILES string of the molecule is O=c1[nH]c(CCN2CC[C@H](Nc3ccccc3)C2)nc2ccccc12. The molecule has 0 aliphatic carbocycles. The lowest BCUT2D eigenvalue weighted by Crippen LogP contribution is -2.28. The summed E-state index contributed by atoms with van der Waals surface area (Å²) < 4.78 is 0. The number of hydrogen-bond acceptors (Lipinski definition) is 4. The summed E-state index contributed by atoms with van der Waals surface area (Å²) in [6.07, 6.45) is 1.90. The van der Waals surface area contributed by atoms with Gasteiger partial charge in [0.25, 0.3) is 5.56 Å². The lowest BCUT2D eigenvalue weighted by Gasteiger charge is -2.17. The molecule has 1 atom stereocenters. The van der Waals surface area contributed by atoms with Crippen LogP contribution >= 0.6 is 0 Å². The summed E-state index contributed by atoms with van der Waals surface area (Å²) in [6, 6.07) is 18.3. The Labute approximate surface area is 146 Å². The smallest absolute Gasteiger partial charge is 0.258 e. The van der Waals surface area contributed by atoms with Crippen LogP contribution in [-0.2, 0) is 6.42 Å². The maximum atomic E-state index is 12.1. The molecule has 1 saturated heterocycles. The van der Waals surface area contributed by atoms with Crippen LogP contribution in [0.4, 0.5) is 5.69 Å². The van der Waals surface area contributed by atoms with Gasteiger partial charge in [0.2, 0.25) is 0 Å². The summed E-state index contributed by atoms with van der Waals surface area (Å²) in [6.45, 7) is 3.00. The van der Waals surface area contributed by atoms with E-state index in [0.717, 1.165) is 43.8 Å². The molecule has 1 aromatic heterocycles. The van der Waals surface area contributed by atoms with E-state index >= 15 is 0 Å². The highest BCUT2D eigenvalue weighted by Crippen LogP contribution is 2.16. The van der Waals surface area contributed by atoms with Gasteiger partial charge >= 0.3 is 0 Å². The quantitative estimate of drug-likeness (QED) is 0.753. The molecule has 25 heavy (non-hydrogen) atoms. The van der Waals surface area contributed by atoms with Gasteiger partial charge in [-0.15, -0.1) is 0 Å². The Hall–Kier alpha value is -2.66. The van der Waals surface area contributed by atoms with Crippen molar-refractivity contribution in [2.75, 3.05) is 25.0 Å². The summed E-state index contributed by atoms with van der Waals surface area (Å²) >= 11 is 0. The van der Waals surface area contributed by atoms with E-state index in [9.17, 15) is 4.79 Å². The number of nitrogens with one attached hydrogen (secondary N) is 2. The van der Waals surface area contributed by atoms with Crippen LogP contribution in [0.25, 0.3) is 10.9 Å². The summed E-state index contributed by atoms with van der Waals surface area (Å²) in [7, 11) is 0. The van der Waals surface area contributed by atoms with Crippen molar-refractivity contribution in [3.05, 3.63) is 70.8 Å². The van der Waals surface area contributed by atoms with Crippen molar-refractivity contribution < 1.29 is 0 Å². The average Bonchev–Trinajstić information content (AvgIpc) is 3.08. The first kappa shape index (κ1) is 15.8. The van der Waals surface area contributed by atoms with Crippen LogP contribution in [0.1, 0.15) is 12.2 Å². The monoisotopic (exact) mass is 334 g/mol. The lowest BCUT2D eigenvalue weighted by atomic mass is 10.2. The molecule has 128 valence electrons. The number of nitrogens with zero attached hydrogens (tertiary/aromatic N) is 2. The molecule has 5 nitrogen and oxygen atoms in total. The number of aromatic amines is 1. The molecule has 1 fully saturated rings. The Morgan fingerprint density at radius 3 is 2.80 bits per heavy atom. The first-order valence-electron chi connectivity index (χ1n) is 8.80. The van der Waals surface area contributed by atoms with E-state index in [4.69, 9.17) is 0 Å². The van der Waals surface area contributed by atoms with Crippen LogP contribution in [0.2, 0.25) is 0 Å². The van der Waals surface area contributed by atoms with Crippen molar-refractivity contribution in [2.45, 2.75) is 18.9 Å². The number of anilines is 1. The molecular formula is C20H22N4O. The van der Waals surface area contributed by atoms with Crippen molar-refractivity contribution in [2.24, 2.45) is 0 Å². The fraction of sp³-hybridized carbons (Fsp3) is 0.300. The molecule has 1 aliphatic rings. The van der Waals surface area contributed by atoms with Crippen molar-refractivity contribution in [1.29, 1.82) is 0 Å². The molecule has 0 unspecified atom stereocenters. The molecule has 0 spiro atoms. The highest BCUT2D eigenvalue weighted by Gasteiger charge is 2.22. The third-order valence-corrected chi connectivity index (χ3v) is 4.74. The predicted molar refractivity (Wildman–Crippen MR) is 101 cm³/mol. The van der Waals surface area contributed by atoms with Crippen molar-refractivity contribution in [3.63, 3.8) is 0 Å². The van der Waals surface area contributed by atoms with Crippen molar-refractivity contribution in [3.8, 4) is 0 Å². The van der Waals surface area contributed by atoms with Crippen LogP contribution in [0.5, 0.6) is 0 Å². The number of para-hydroxylation sites is 2. The number of aromatic nitrogens is 2. The largest absolute Gasteiger partial charge is 0.381 e. The molecule has 0 bridgehead atoms. The Bertz CT molecular complexity index is 906. The zero-order valence-electron chi connectivity index (χ0n) is 14.1. The van der Waals surface area contributed by atoms with Gasteiger partial charge in [0, 0.05) is 37.8 Å². The lowest BCUT2D eigenvalue weighted by molar-refractivity contribution is 0.338. The molecule has 1 aliphatic heterocycles. The Morgan fingerprint density at radius 2 is 1.92 bits per heavy atom. The van der Waals surface area contributed by atoms with Gasteiger partial charge in [0.05, 0.1) is 10.9 Å². The maximum Gasteiger partial charge on any atom is 0.258 e. The highest BCUT2D eigenvalue weighted by molar-refractivity contribution is 5.77. The molecule has 3 aromatic rings. The van der Waals surface area contributed by atoms with Crippen LogP contribution in [0, 0.1) is 0 Å². The Kier molecular flexibility index (Phi) is 4.48. The number of hydrogen-bond donors (Lipinski definition) is 2. The topological polar surface area (TPSA) is 61.0 Å². The van der Waals surface area contributed by atoms with Gasteiger partial charge in [-0.05, 0) is 30.7 Å². The summed E-state index contributed by atoms with van der Waals surface area (Å²) in [5.74, 6) is 0.767. The third kappa shape index (κ3) is 3.72. The van der Waals surface area contributed by atoms with Gasteiger partial charge in [-0.25, -0.2) is 4.98 Å². The van der Waals surface area contributed by atoms with Gasteiger partial charge < -0.3 is 15.2 Å². The zero-order chi connectivity index (χ0) is 17.1. The van der Waals surface area contributed by atoms with Crippen LogP contribution in [0.15, 0.2) is 59.4 Å². The standard InChI is InChI=1S/C20H22N4O/c25-20-17-8-4-5-9-18(17)22-19(23-20)11-13-24-12-10-16(14-24)21-15-6-2-1-3-7-15/h1-9,16,21H,10-14H2,(H,22,23,25)/t16-/m0/s1. The minimum atomic E-state index is -0.0503. The second kappa shape index (κ2) is 7.07. The fourth-order valence-corrected chi connectivity index (χ4v) is 3.44. The Morgan fingerprint density at radius 1 is 1.12 bits per heavy atom. The molecule has 2 heterocycles. The van der Waals surface area contributed by atoms with Crippen LogP contribution < -0.4 is 10.9 Å². The molecule has 5 heteroatoms. The van der Waals surface area contributed by atoms with E-state index in [2.05, 4.69) is 44.5 Å². The molecule has 0 amide bonds. The van der Waals surface area contributed by atoms with Crippen LogP contribution in [-0.4, -0.2) is 40.5 Å². The molecule has 0 saturated carbocycles. The molecular weight excluding hydrogens is 312 g/mol. The minimum Gasteiger partial charge on any atom is -0.381 e. The van der Waals surface area contributed by atoms with Gasteiger partial charge in [-0.1, -0.05) is 30.3 Å². The van der Waals surface area contributed by atoms with Crippen LogP contribution in [0.3, 0.4) is 0 Å². The molecule has 4 rings (SSSR count). The predicted octanol–water partition coefficient (Wildman–Crippen LogP) is 2.65. The summed E-state index contributed by atoms with van der Waals surface area (Å²) in [5.41, 5.74) is 1.90. The first-order valence-corrected chi connectivity index (χ1v) is 8.80. The van der Waals surface area contributed by atoms with Crippen molar-refractivity contribution in [1.82, 2.24) is 14.9 Å². The van der Waals surface area contributed by atoms with Crippen molar-refractivity contribution >= 4 is 16.6 Å². The van der Waals surface area contributed by atoms with E-state index in [1.165, 1.54) is 5.69 Å². The minimum absolute atomic E-state index is 0.0503. The summed E-state index contributed by atoms with van der Waals surface area (Å²) in [4.78, 5) is 22.1. The second-order valence-corrected chi connectivity index (χ2v) is 6.58. The highest BCUT2D eigenvalue weighted by atomic mass is 16.1. The number of fused-ring (bicyclic) bond motifs is 1. The average molecular weight is 334 g/mol. The second-order valence-electron chi connectivity index (χ2n) is 6.58. The normalized spacial score (nSPS) is 17.8. The summed E-state index contributed by atoms with van der Waals surface area (Å²) in [5, 5.41) is 4.24. The molecule has 0 radical (unpaired) electrons. The van der Waals surface area contributed by atoms with E-state index in [1.54, 1.807) is 0 Å². The van der Waals surface area contributed by atoms with E-state index in [0.29, 0.717) is 11.4 Å². The molecule has 2 N–H and O–H groups in total. The van der Waals surface area contributed by atoms with E-state index < -0.39 is 0 Å². The van der Waals surface area contributed by atoms with Gasteiger partial charge in [-0.2, -0.15) is 0 Å². The van der Waals surface area contributed by atoms with Gasteiger partial charge in [0.15, 0.2) is 0 Å². The zero-order valence-corrected chi connectivity index (χ0v) is 14.1. The number of likely N-dealkylation sites (tertiary alicyclic amines) is 1. The van der Waals surface area contributed by atoms with Gasteiger partial charge in [0.1, 0.15) is 5.82 Å². The van der Waals surface area contributed by atoms with Gasteiger partial charge in [-0.3, -0.25) is 4.79 Å². The third-order valence-electron chi connectivity index (χ3n) is 4.74. The molecule has 2 aromatic carbocycles. The first-order chi connectivity index (χ1) is 12.3. The maximum absolute atomic E-state index is 12.1.